The Kier molecular flexibility index (Phi) is 5.64. The highest BCUT2D eigenvalue weighted by Gasteiger charge is 2.48. The minimum absolute atomic E-state index is 0.0668. The van der Waals surface area contributed by atoms with E-state index in [1.165, 1.54) is 0 Å². The van der Waals surface area contributed by atoms with Gasteiger partial charge >= 0.3 is 11.9 Å². The molecular formula is C17H23NO3S. The van der Waals surface area contributed by atoms with Crippen LogP contribution in [0.5, 0.6) is 0 Å². The van der Waals surface area contributed by atoms with Crippen LogP contribution in [0.2, 0.25) is 0 Å². The fraction of sp³-hybridized carbons (Fsp3) is 0.529. The molecule has 1 aromatic carbocycles. The lowest BCUT2D eigenvalue weighted by Crippen LogP contribution is -2.53. The van der Waals surface area contributed by atoms with Gasteiger partial charge in [-0.05, 0) is 24.9 Å². The van der Waals surface area contributed by atoms with Gasteiger partial charge in [-0.25, -0.2) is 4.79 Å². The van der Waals surface area contributed by atoms with E-state index in [4.69, 9.17) is 4.74 Å². The van der Waals surface area contributed by atoms with Gasteiger partial charge in [-0.15, -0.1) is 0 Å². The average Bonchev–Trinajstić information content (AvgIpc) is 3.05. The topological polar surface area (TPSA) is 55.4 Å². The first-order chi connectivity index (χ1) is 10.5. The van der Waals surface area contributed by atoms with E-state index in [1.54, 1.807) is 6.92 Å². The first-order valence-electron chi connectivity index (χ1n) is 7.68. The van der Waals surface area contributed by atoms with Crippen molar-refractivity contribution in [3.8, 4) is 0 Å². The van der Waals surface area contributed by atoms with Crippen LogP contribution >= 0.6 is 12.6 Å². The highest BCUT2D eigenvalue weighted by atomic mass is 32.1. The highest BCUT2D eigenvalue weighted by Crippen LogP contribution is 2.36. The van der Waals surface area contributed by atoms with Crippen molar-refractivity contribution in [2.24, 2.45) is 5.92 Å². The molecule has 0 bridgehead atoms. The Labute approximate surface area is 137 Å². The minimum atomic E-state index is -0.826. The first kappa shape index (κ1) is 17.0. The van der Waals surface area contributed by atoms with Crippen LogP contribution in [0.4, 0.5) is 0 Å². The van der Waals surface area contributed by atoms with Crippen LogP contribution in [-0.2, 0) is 14.3 Å². The van der Waals surface area contributed by atoms with E-state index in [9.17, 15) is 9.59 Å². The molecule has 0 spiro atoms. The van der Waals surface area contributed by atoms with Gasteiger partial charge in [-0.2, -0.15) is 12.6 Å². The molecule has 2 rings (SSSR count). The van der Waals surface area contributed by atoms with E-state index in [-0.39, 0.29) is 5.92 Å². The molecule has 0 aliphatic carbocycles. The molecule has 1 fully saturated rings. The molecule has 120 valence electrons. The molecule has 5 heteroatoms. The molecule has 4 nitrogen and oxygen atoms in total. The Morgan fingerprint density at radius 1 is 1.32 bits per heavy atom. The second-order valence-corrected chi connectivity index (χ2v) is 6.29. The summed E-state index contributed by atoms with van der Waals surface area (Å²) in [4.78, 5) is 24.6. The molecule has 1 aromatic rings. The third kappa shape index (κ3) is 3.36. The number of ether oxygens (including phenoxy) is 1. The normalized spacial score (nSPS) is 23.8. The van der Waals surface area contributed by atoms with Crippen LogP contribution in [0.1, 0.15) is 38.2 Å². The maximum Gasteiger partial charge on any atom is 0.334 e. The van der Waals surface area contributed by atoms with Crippen molar-refractivity contribution in [1.82, 2.24) is 5.32 Å². The van der Waals surface area contributed by atoms with Gasteiger partial charge in [-0.1, -0.05) is 44.2 Å². The number of esters is 2. The van der Waals surface area contributed by atoms with Crippen molar-refractivity contribution in [1.29, 1.82) is 0 Å². The number of nitrogens with one attached hydrogen (secondary N) is 1. The molecule has 0 saturated carbocycles. The van der Waals surface area contributed by atoms with Gasteiger partial charge in [0.05, 0.1) is 5.92 Å². The number of carbonyl (C=O) groups is 2. The SMILES string of the molecule is CC(CS)C(=O)OC(=O)[C@]1(C(C)c2ccccc2)CCCN1. The monoisotopic (exact) mass is 321 g/mol. The van der Waals surface area contributed by atoms with Gasteiger partial charge in [0, 0.05) is 11.7 Å². The summed E-state index contributed by atoms with van der Waals surface area (Å²) in [5.41, 5.74) is 0.233. The largest absolute Gasteiger partial charge is 0.392 e. The Balaban J connectivity index is 2.21. The Morgan fingerprint density at radius 2 is 2.00 bits per heavy atom. The third-order valence-electron chi connectivity index (χ3n) is 4.46. The summed E-state index contributed by atoms with van der Waals surface area (Å²) in [7, 11) is 0. The number of thiol groups is 1. The lowest BCUT2D eigenvalue weighted by atomic mass is 9.79. The fourth-order valence-electron chi connectivity index (χ4n) is 2.87. The summed E-state index contributed by atoms with van der Waals surface area (Å²) < 4.78 is 5.14. The van der Waals surface area contributed by atoms with Gasteiger partial charge in [0.15, 0.2) is 0 Å². The molecule has 1 aliphatic rings. The van der Waals surface area contributed by atoms with Crippen LogP contribution in [0, 0.1) is 5.92 Å². The predicted molar refractivity (Wildman–Crippen MR) is 88.9 cm³/mol. The molecule has 1 saturated heterocycles. The molecule has 0 amide bonds. The first-order valence-corrected chi connectivity index (χ1v) is 8.31. The standard InChI is InChI=1S/C17H23NO3S/c1-12(11-22)15(19)21-16(20)17(9-6-10-18-17)13(2)14-7-4-3-5-8-14/h3-5,7-8,12-13,18,22H,6,9-11H2,1-2H3/t12?,13?,17-/m1/s1. The van der Waals surface area contributed by atoms with Gasteiger partial charge in [0.25, 0.3) is 0 Å². The van der Waals surface area contributed by atoms with E-state index >= 15 is 0 Å². The van der Waals surface area contributed by atoms with Gasteiger partial charge in [0.1, 0.15) is 5.54 Å². The summed E-state index contributed by atoms with van der Waals surface area (Å²) in [6.45, 7) is 4.46. The molecule has 2 unspecified atom stereocenters. The maximum atomic E-state index is 12.7. The van der Waals surface area contributed by atoms with E-state index in [0.717, 1.165) is 18.5 Å². The van der Waals surface area contributed by atoms with Crippen LogP contribution in [0.15, 0.2) is 30.3 Å². The Hall–Kier alpha value is -1.33. The summed E-state index contributed by atoms with van der Waals surface area (Å²) >= 11 is 4.08. The zero-order valence-electron chi connectivity index (χ0n) is 13.0. The van der Waals surface area contributed by atoms with Crippen molar-refractivity contribution in [2.45, 2.75) is 38.1 Å². The number of rotatable bonds is 5. The molecule has 1 N–H and O–H groups in total. The van der Waals surface area contributed by atoms with Crippen LogP contribution in [0.3, 0.4) is 0 Å². The van der Waals surface area contributed by atoms with Crippen molar-refractivity contribution >= 4 is 24.6 Å². The zero-order chi connectivity index (χ0) is 16.2. The van der Waals surface area contributed by atoms with Gasteiger partial charge in [-0.3, -0.25) is 4.79 Å². The number of carbonyl (C=O) groups excluding carboxylic acids is 2. The van der Waals surface area contributed by atoms with Crippen LogP contribution in [-0.4, -0.2) is 29.8 Å². The zero-order valence-corrected chi connectivity index (χ0v) is 13.9. The molecule has 1 aliphatic heterocycles. The van der Waals surface area contributed by atoms with Crippen LogP contribution in [0.25, 0.3) is 0 Å². The third-order valence-corrected chi connectivity index (χ3v) is 5.01. The van der Waals surface area contributed by atoms with E-state index in [2.05, 4.69) is 17.9 Å². The summed E-state index contributed by atoms with van der Waals surface area (Å²) in [5.74, 6) is -1.07. The van der Waals surface area contributed by atoms with Crippen molar-refractivity contribution in [3.05, 3.63) is 35.9 Å². The van der Waals surface area contributed by atoms with E-state index in [1.807, 2.05) is 37.3 Å². The summed E-state index contributed by atoms with van der Waals surface area (Å²) in [6, 6.07) is 9.85. The molecular weight excluding hydrogens is 298 g/mol. The van der Waals surface area contributed by atoms with Crippen molar-refractivity contribution in [3.63, 3.8) is 0 Å². The molecule has 0 radical (unpaired) electrons. The lowest BCUT2D eigenvalue weighted by Gasteiger charge is -2.33. The second-order valence-electron chi connectivity index (χ2n) is 5.93. The average molecular weight is 321 g/mol. The minimum Gasteiger partial charge on any atom is -0.392 e. The maximum absolute atomic E-state index is 12.7. The molecule has 3 atom stereocenters. The summed E-state index contributed by atoms with van der Waals surface area (Å²) in [6.07, 6.45) is 1.56. The fourth-order valence-corrected chi connectivity index (χ4v) is 3.02. The summed E-state index contributed by atoms with van der Waals surface area (Å²) in [5, 5.41) is 3.28. The van der Waals surface area contributed by atoms with Crippen molar-refractivity contribution in [2.75, 3.05) is 12.3 Å². The predicted octanol–water partition coefficient (Wildman–Crippen LogP) is 2.55. The lowest BCUT2D eigenvalue weighted by molar-refractivity contribution is -0.167. The molecule has 0 aromatic heterocycles. The quantitative estimate of drug-likeness (QED) is 0.497. The smallest absolute Gasteiger partial charge is 0.334 e. The van der Waals surface area contributed by atoms with Crippen molar-refractivity contribution < 1.29 is 14.3 Å². The molecule has 22 heavy (non-hydrogen) atoms. The van der Waals surface area contributed by atoms with Crippen LogP contribution < -0.4 is 5.32 Å². The van der Waals surface area contributed by atoms with E-state index in [0.29, 0.717) is 12.2 Å². The highest BCUT2D eigenvalue weighted by molar-refractivity contribution is 7.80. The molecule has 1 heterocycles. The van der Waals surface area contributed by atoms with Gasteiger partial charge < -0.3 is 10.1 Å². The number of hydrogen-bond donors (Lipinski definition) is 2. The Morgan fingerprint density at radius 3 is 2.55 bits per heavy atom. The second kappa shape index (κ2) is 7.29. The number of hydrogen-bond acceptors (Lipinski definition) is 5. The number of benzene rings is 1. The van der Waals surface area contributed by atoms with Gasteiger partial charge in [0.2, 0.25) is 0 Å². The van der Waals surface area contributed by atoms with E-state index < -0.39 is 23.4 Å². The Bertz CT molecular complexity index is 526.